The fraction of sp³-hybridized carbons (Fsp3) is 0.912. The summed E-state index contributed by atoms with van der Waals surface area (Å²) in [6, 6.07) is -0.931. The maximum absolute atomic E-state index is 13.4. The van der Waals surface area contributed by atoms with E-state index in [0.29, 0.717) is 12.8 Å². The first kappa shape index (κ1) is 88.3. The third-order valence-electron chi connectivity index (χ3n) is 19.8. The summed E-state index contributed by atoms with van der Waals surface area (Å²) in [5.74, 6) is -0.241. The molecule has 14 heteroatoms. The highest BCUT2D eigenvalue weighted by molar-refractivity contribution is 5.76. The molecule has 1 amide bonds. The topological polar surface area (TPSA) is 228 Å². The van der Waals surface area contributed by atoms with Crippen LogP contribution >= 0.6 is 0 Å². The van der Waals surface area contributed by atoms with Gasteiger partial charge in [0.15, 0.2) is 12.6 Å². The van der Waals surface area contributed by atoms with Gasteiger partial charge < -0.3 is 65.1 Å². The van der Waals surface area contributed by atoms with Crippen molar-refractivity contribution in [2.24, 2.45) is 0 Å². The molecule has 9 N–H and O–H groups in total. The molecule has 2 aliphatic heterocycles. The summed E-state index contributed by atoms with van der Waals surface area (Å²) in [5.41, 5.74) is 0. The van der Waals surface area contributed by atoms with Crippen molar-refractivity contribution in [1.29, 1.82) is 0 Å². The van der Waals surface area contributed by atoms with Crippen molar-refractivity contribution in [1.82, 2.24) is 5.32 Å². The fourth-order valence-electron chi connectivity index (χ4n) is 13.4. The lowest BCUT2D eigenvalue weighted by Crippen LogP contribution is -2.65. The minimum Gasteiger partial charge on any atom is -0.394 e. The highest BCUT2D eigenvalue weighted by atomic mass is 16.7. The Hall–Kier alpha value is -1.79. The molecule has 0 bridgehead atoms. The monoisotopic (exact) mass is 1330 g/mol. The molecule has 94 heavy (non-hydrogen) atoms. The summed E-state index contributed by atoms with van der Waals surface area (Å²) < 4.78 is 22.9. The lowest BCUT2D eigenvalue weighted by atomic mass is 9.97. The highest BCUT2D eigenvalue weighted by Crippen LogP contribution is 2.30. The number of carbonyl (C=O) groups excluding carboxylic acids is 1. The van der Waals surface area contributed by atoms with Gasteiger partial charge in [0.05, 0.1) is 32.0 Å². The Bertz CT molecular complexity index is 1720. The summed E-state index contributed by atoms with van der Waals surface area (Å²) in [4.78, 5) is 13.4. The van der Waals surface area contributed by atoms with E-state index >= 15 is 0 Å². The van der Waals surface area contributed by atoms with Gasteiger partial charge in [-0.3, -0.25) is 4.79 Å². The van der Waals surface area contributed by atoms with E-state index in [1.54, 1.807) is 6.08 Å². The van der Waals surface area contributed by atoms with Gasteiger partial charge in [-0.2, -0.15) is 0 Å². The van der Waals surface area contributed by atoms with Crippen LogP contribution in [0.15, 0.2) is 36.5 Å². The average molecular weight is 1340 g/mol. The average Bonchev–Trinajstić information content (AvgIpc) is 0.794. The first-order valence-electron chi connectivity index (χ1n) is 40.2. The third-order valence-corrected chi connectivity index (χ3v) is 19.8. The van der Waals surface area contributed by atoms with Gasteiger partial charge in [0.25, 0.3) is 0 Å². The second kappa shape index (κ2) is 64.6. The Morgan fingerprint density at radius 2 is 0.681 bits per heavy atom. The van der Waals surface area contributed by atoms with E-state index in [-0.39, 0.29) is 18.9 Å². The molecule has 12 atom stereocenters. The van der Waals surface area contributed by atoms with Gasteiger partial charge in [0.1, 0.15) is 48.8 Å². The van der Waals surface area contributed by atoms with Crippen molar-refractivity contribution in [2.45, 2.75) is 447 Å². The van der Waals surface area contributed by atoms with Crippen LogP contribution in [-0.2, 0) is 23.7 Å². The number of amides is 1. The molecule has 2 aliphatic rings. The van der Waals surface area contributed by atoms with Crippen LogP contribution in [0.1, 0.15) is 373 Å². The lowest BCUT2D eigenvalue weighted by Gasteiger charge is -2.46. The summed E-state index contributed by atoms with van der Waals surface area (Å²) in [6.07, 6.45) is 68.1. The number of hydrogen-bond acceptors (Lipinski definition) is 13. The molecule has 2 rings (SSSR count). The van der Waals surface area contributed by atoms with E-state index in [2.05, 4.69) is 43.5 Å². The van der Waals surface area contributed by atoms with Crippen molar-refractivity contribution < 1.29 is 64.6 Å². The summed E-state index contributed by atoms with van der Waals surface area (Å²) in [6.45, 7) is 2.84. The number of rotatable bonds is 68. The normalized spacial score (nSPS) is 22.6. The van der Waals surface area contributed by atoms with Crippen molar-refractivity contribution in [3.8, 4) is 0 Å². The molecular formula is C80H151NO13. The first-order chi connectivity index (χ1) is 46.1. The van der Waals surface area contributed by atoms with Crippen molar-refractivity contribution >= 4 is 5.91 Å². The summed E-state index contributed by atoms with van der Waals surface area (Å²) in [7, 11) is 0. The van der Waals surface area contributed by atoms with Crippen LogP contribution in [0.2, 0.25) is 0 Å². The minimum atomic E-state index is -1.79. The first-order valence-corrected chi connectivity index (χ1v) is 40.2. The van der Waals surface area contributed by atoms with Crippen LogP contribution in [0.5, 0.6) is 0 Å². The van der Waals surface area contributed by atoms with E-state index in [1.807, 2.05) is 6.08 Å². The molecule has 12 unspecified atom stereocenters. The van der Waals surface area contributed by atoms with Crippen LogP contribution in [0.25, 0.3) is 0 Å². The quantitative estimate of drug-likeness (QED) is 0.0204. The number of nitrogens with one attached hydrogen (secondary N) is 1. The van der Waals surface area contributed by atoms with Gasteiger partial charge in [0.2, 0.25) is 5.91 Å². The van der Waals surface area contributed by atoms with Gasteiger partial charge >= 0.3 is 0 Å². The zero-order chi connectivity index (χ0) is 68.0. The molecule has 2 heterocycles. The molecule has 0 aromatic rings. The second-order valence-electron chi connectivity index (χ2n) is 28.5. The molecular weight excluding hydrogens is 1180 g/mol. The largest absolute Gasteiger partial charge is 0.394 e. The minimum absolute atomic E-state index is 0.241. The number of aliphatic hydroxyl groups excluding tert-OH is 8. The molecule has 0 aliphatic carbocycles. The van der Waals surface area contributed by atoms with E-state index in [9.17, 15) is 45.6 Å². The number of aliphatic hydroxyl groups is 8. The van der Waals surface area contributed by atoms with Crippen molar-refractivity contribution in [3.63, 3.8) is 0 Å². The number of allylic oxidation sites excluding steroid dienone is 5. The lowest BCUT2D eigenvalue weighted by molar-refractivity contribution is -0.359. The van der Waals surface area contributed by atoms with E-state index in [0.717, 1.165) is 32.1 Å². The second-order valence-corrected chi connectivity index (χ2v) is 28.5. The highest BCUT2D eigenvalue weighted by Gasteiger charge is 2.51. The predicted molar refractivity (Wildman–Crippen MR) is 388 cm³/mol. The van der Waals surface area contributed by atoms with Gasteiger partial charge in [-0.1, -0.05) is 346 Å². The predicted octanol–water partition coefficient (Wildman–Crippen LogP) is 18.0. The van der Waals surface area contributed by atoms with Crippen molar-refractivity contribution in [3.05, 3.63) is 36.5 Å². The summed E-state index contributed by atoms with van der Waals surface area (Å²) in [5, 5.41) is 87.6. The molecule has 554 valence electrons. The maximum Gasteiger partial charge on any atom is 0.220 e. The van der Waals surface area contributed by atoms with Gasteiger partial charge in [-0.25, -0.2) is 0 Å². The van der Waals surface area contributed by atoms with Crippen LogP contribution < -0.4 is 5.32 Å². The summed E-state index contributed by atoms with van der Waals surface area (Å²) >= 11 is 0. The van der Waals surface area contributed by atoms with Gasteiger partial charge in [-0.15, -0.1) is 0 Å². The van der Waals surface area contributed by atoms with Crippen LogP contribution in [0.4, 0.5) is 0 Å². The Balaban J connectivity index is 1.59. The Labute approximate surface area is 576 Å². The maximum atomic E-state index is 13.4. The zero-order valence-electron chi connectivity index (χ0n) is 60.7. The van der Waals surface area contributed by atoms with E-state index in [4.69, 9.17) is 18.9 Å². The molecule has 14 nitrogen and oxygen atoms in total. The molecule has 2 saturated heterocycles. The Morgan fingerprint density at radius 1 is 0.372 bits per heavy atom. The van der Waals surface area contributed by atoms with Crippen LogP contribution in [0, 0.1) is 0 Å². The van der Waals surface area contributed by atoms with Gasteiger partial charge in [-0.05, 0) is 57.8 Å². The van der Waals surface area contributed by atoms with E-state index in [1.165, 1.54) is 308 Å². The Morgan fingerprint density at radius 3 is 1.04 bits per heavy atom. The van der Waals surface area contributed by atoms with Crippen LogP contribution in [0.3, 0.4) is 0 Å². The molecule has 2 fully saturated rings. The SMILES string of the molecule is CCCCCCCCCC/C=C\CCCCCCCCCCCCCCCCCCCCCCCCCCCC(=O)NC(COC1OC(CO)C(OC2OC(CO)C(O)C(O)C2O)C(O)C1O)C(O)/C=C/CC/C=C/CCCCCCCCCCCCCCCCCCC. The number of ether oxygens (including phenoxy) is 4. The van der Waals surface area contributed by atoms with Crippen LogP contribution in [-0.4, -0.2) is 140 Å². The molecule has 0 aromatic carbocycles. The number of unbranched alkanes of at least 4 members (excludes halogenated alkanes) is 51. The molecule has 0 aromatic heterocycles. The number of hydrogen-bond donors (Lipinski definition) is 9. The molecule has 0 saturated carbocycles. The van der Waals surface area contributed by atoms with Crippen molar-refractivity contribution in [2.75, 3.05) is 19.8 Å². The standard InChI is InChI=1S/C80H151NO13/c1-3-5-7-9-11-13-15-17-19-21-23-25-27-28-29-30-31-32-33-34-35-36-37-38-39-40-42-44-46-48-50-52-54-56-58-60-62-64-72(85)81-68(67-91-79-77(90)75(88)78(71(66-83)93-79)94-80-76(89)74(87)73(86)70(65-82)92-80)69(84)63-61-59-57-55-53-51-49-47-45-43-41-26-24-22-20-18-16-14-12-10-8-6-4-2/h21,23,53,55,61,63,68-71,73-80,82-84,86-90H,3-20,22,24-52,54,56-60,62,64-67H2,1-2H3,(H,81,85)/b23-21-,55-53+,63-61+. The molecule has 0 spiro atoms. The van der Waals surface area contributed by atoms with E-state index < -0.39 is 86.8 Å². The third kappa shape index (κ3) is 47.3. The fourth-order valence-corrected chi connectivity index (χ4v) is 13.4. The zero-order valence-corrected chi connectivity index (χ0v) is 60.7. The molecule has 0 radical (unpaired) electrons. The smallest absolute Gasteiger partial charge is 0.220 e. The number of carbonyl (C=O) groups is 1. The van der Waals surface area contributed by atoms with Gasteiger partial charge in [0, 0.05) is 6.42 Å². The Kier molecular flexibility index (Phi) is 60.7.